The predicted molar refractivity (Wildman–Crippen MR) is 235 cm³/mol. The van der Waals surface area contributed by atoms with Crippen molar-refractivity contribution in [2.75, 3.05) is 0 Å². The van der Waals surface area contributed by atoms with Gasteiger partial charge in [-0.15, -0.1) is 0 Å². The highest BCUT2D eigenvalue weighted by Gasteiger charge is 2.21. The summed E-state index contributed by atoms with van der Waals surface area (Å²) in [4.78, 5) is 15.1. The highest BCUT2D eigenvalue weighted by molar-refractivity contribution is 6.21. The summed E-state index contributed by atoms with van der Waals surface area (Å²) in [7, 11) is 0. The van der Waals surface area contributed by atoms with E-state index in [0.717, 1.165) is 77.0 Å². The maximum atomic E-state index is 7.11. The van der Waals surface area contributed by atoms with Gasteiger partial charge in [0, 0.05) is 38.6 Å². The van der Waals surface area contributed by atoms with Gasteiger partial charge in [0.1, 0.15) is 11.2 Å². The Labute approximate surface area is 329 Å². The number of hydrogen-bond donors (Lipinski definition) is 0. The molecule has 0 radical (unpaired) electrons. The van der Waals surface area contributed by atoms with Crippen molar-refractivity contribution in [3.63, 3.8) is 0 Å². The standard InChI is InChI=1S/C53H33N3O/c1-4-15-34(16-5-1)35-27-29-36(30-28-35)48-40-22-11-10-21-39(40)33-47-45-26-14-25-44(49(45)57-50(47)48)43-31-32-46(42-24-13-12-23-41(42)43)53-55-51(37-17-6-2-7-18-37)54-52(56-53)38-19-8-3-9-20-38/h1-33H. The first-order valence-corrected chi connectivity index (χ1v) is 19.2. The summed E-state index contributed by atoms with van der Waals surface area (Å²) in [6.45, 7) is 0. The number of fused-ring (bicyclic) bond motifs is 5. The molecule has 0 amide bonds. The van der Waals surface area contributed by atoms with E-state index in [2.05, 4.69) is 140 Å². The molecular weight excluding hydrogens is 695 g/mol. The number of para-hydroxylation sites is 1. The molecule has 0 saturated heterocycles. The second kappa shape index (κ2) is 13.6. The molecule has 11 rings (SSSR count). The van der Waals surface area contributed by atoms with Gasteiger partial charge in [-0.3, -0.25) is 0 Å². The largest absolute Gasteiger partial charge is 0.455 e. The van der Waals surface area contributed by atoms with Crippen molar-refractivity contribution in [2.24, 2.45) is 0 Å². The maximum absolute atomic E-state index is 7.11. The minimum Gasteiger partial charge on any atom is -0.455 e. The fourth-order valence-corrected chi connectivity index (χ4v) is 8.21. The van der Waals surface area contributed by atoms with Crippen molar-refractivity contribution in [3.05, 3.63) is 200 Å². The molecule has 2 heterocycles. The fourth-order valence-electron chi connectivity index (χ4n) is 8.21. The van der Waals surface area contributed by atoms with Crippen LogP contribution in [0.1, 0.15) is 0 Å². The molecule has 0 N–H and O–H groups in total. The van der Waals surface area contributed by atoms with Crippen molar-refractivity contribution >= 4 is 43.5 Å². The van der Waals surface area contributed by atoms with E-state index in [0.29, 0.717) is 17.5 Å². The minimum atomic E-state index is 0.627. The summed E-state index contributed by atoms with van der Waals surface area (Å²) in [6, 6.07) is 69.8. The molecule has 0 bridgehead atoms. The molecule has 0 aliphatic carbocycles. The van der Waals surface area contributed by atoms with Crippen LogP contribution in [0.25, 0.3) is 111 Å². The van der Waals surface area contributed by atoms with Crippen LogP contribution in [0.4, 0.5) is 0 Å². The second-order valence-electron chi connectivity index (χ2n) is 14.3. The zero-order valence-electron chi connectivity index (χ0n) is 30.8. The van der Waals surface area contributed by atoms with E-state index in [4.69, 9.17) is 19.4 Å². The zero-order valence-corrected chi connectivity index (χ0v) is 30.8. The van der Waals surface area contributed by atoms with Gasteiger partial charge in [-0.05, 0) is 55.9 Å². The number of hydrogen-bond acceptors (Lipinski definition) is 4. The van der Waals surface area contributed by atoms with Crippen molar-refractivity contribution in [2.45, 2.75) is 0 Å². The van der Waals surface area contributed by atoms with Crippen LogP contribution in [0.3, 0.4) is 0 Å². The van der Waals surface area contributed by atoms with E-state index >= 15 is 0 Å². The number of rotatable bonds is 6. The van der Waals surface area contributed by atoms with E-state index in [9.17, 15) is 0 Å². The quantitative estimate of drug-likeness (QED) is 0.171. The van der Waals surface area contributed by atoms with Crippen molar-refractivity contribution in [1.29, 1.82) is 0 Å². The van der Waals surface area contributed by atoms with Crippen molar-refractivity contribution < 1.29 is 4.42 Å². The summed E-state index contributed by atoms with van der Waals surface area (Å²) >= 11 is 0. The highest BCUT2D eigenvalue weighted by Crippen LogP contribution is 2.45. The average molecular weight is 728 g/mol. The number of furan rings is 1. The average Bonchev–Trinajstić information content (AvgIpc) is 3.67. The van der Waals surface area contributed by atoms with Crippen LogP contribution in [-0.4, -0.2) is 15.0 Å². The molecule has 0 atom stereocenters. The van der Waals surface area contributed by atoms with Crippen LogP contribution in [0, 0.1) is 0 Å². The molecular formula is C53H33N3O. The Bertz CT molecular complexity index is 3210. The monoisotopic (exact) mass is 727 g/mol. The summed E-state index contributed by atoms with van der Waals surface area (Å²) in [6.07, 6.45) is 0. The molecule has 0 saturated carbocycles. The first-order valence-electron chi connectivity index (χ1n) is 19.2. The van der Waals surface area contributed by atoms with Gasteiger partial charge in [0.25, 0.3) is 0 Å². The summed E-state index contributed by atoms with van der Waals surface area (Å²) in [5.74, 6) is 1.90. The van der Waals surface area contributed by atoms with E-state index in [1.165, 1.54) is 16.5 Å². The van der Waals surface area contributed by atoms with Gasteiger partial charge in [-0.2, -0.15) is 0 Å². The van der Waals surface area contributed by atoms with Gasteiger partial charge in [-0.1, -0.05) is 188 Å². The van der Waals surface area contributed by atoms with E-state index in [1.54, 1.807) is 0 Å². The molecule has 0 unspecified atom stereocenters. The third-order valence-corrected chi connectivity index (χ3v) is 10.9. The second-order valence-corrected chi connectivity index (χ2v) is 14.3. The Balaban J connectivity index is 1.10. The predicted octanol–water partition coefficient (Wildman–Crippen LogP) is 14.1. The molecule has 0 fully saturated rings. The lowest BCUT2D eigenvalue weighted by Crippen LogP contribution is -2.00. The Hall–Kier alpha value is -7.69. The number of nitrogens with zero attached hydrogens (tertiary/aromatic N) is 3. The molecule has 11 aromatic rings. The lowest BCUT2D eigenvalue weighted by molar-refractivity contribution is 0.671. The van der Waals surface area contributed by atoms with Crippen molar-refractivity contribution in [3.8, 4) is 67.5 Å². The molecule has 4 heteroatoms. The summed E-state index contributed by atoms with van der Waals surface area (Å²) in [5.41, 5.74) is 11.3. The van der Waals surface area contributed by atoms with Gasteiger partial charge in [0.15, 0.2) is 17.5 Å². The van der Waals surface area contributed by atoms with E-state index in [-0.39, 0.29) is 0 Å². The molecule has 4 nitrogen and oxygen atoms in total. The first kappa shape index (κ1) is 32.7. The first-order chi connectivity index (χ1) is 28.3. The Morgan fingerprint density at radius 2 is 0.772 bits per heavy atom. The molecule has 57 heavy (non-hydrogen) atoms. The lowest BCUT2D eigenvalue weighted by Gasteiger charge is -2.13. The molecule has 2 aromatic heterocycles. The van der Waals surface area contributed by atoms with Crippen LogP contribution in [0.15, 0.2) is 205 Å². The third-order valence-electron chi connectivity index (χ3n) is 10.9. The normalized spacial score (nSPS) is 11.5. The van der Waals surface area contributed by atoms with Gasteiger partial charge < -0.3 is 4.42 Å². The fraction of sp³-hybridized carbons (Fsp3) is 0. The maximum Gasteiger partial charge on any atom is 0.164 e. The van der Waals surface area contributed by atoms with Crippen LogP contribution >= 0.6 is 0 Å². The number of benzene rings is 9. The van der Waals surface area contributed by atoms with Crippen LogP contribution in [-0.2, 0) is 0 Å². The smallest absolute Gasteiger partial charge is 0.164 e. The Kier molecular flexibility index (Phi) is 7.78. The molecule has 0 aliphatic heterocycles. The lowest BCUT2D eigenvalue weighted by atomic mass is 9.92. The highest BCUT2D eigenvalue weighted by atomic mass is 16.3. The zero-order chi connectivity index (χ0) is 37.7. The molecule has 0 spiro atoms. The van der Waals surface area contributed by atoms with E-state index in [1.807, 2.05) is 60.7 Å². The molecule has 9 aromatic carbocycles. The van der Waals surface area contributed by atoms with Gasteiger partial charge in [0.2, 0.25) is 0 Å². The van der Waals surface area contributed by atoms with Crippen LogP contribution in [0.5, 0.6) is 0 Å². The summed E-state index contributed by atoms with van der Waals surface area (Å²) < 4.78 is 7.11. The minimum absolute atomic E-state index is 0.627. The van der Waals surface area contributed by atoms with Crippen LogP contribution in [0.2, 0.25) is 0 Å². The third kappa shape index (κ3) is 5.66. The van der Waals surface area contributed by atoms with Crippen LogP contribution < -0.4 is 0 Å². The summed E-state index contributed by atoms with van der Waals surface area (Å²) in [5, 5.41) is 6.67. The van der Waals surface area contributed by atoms with Crippen molar-refractivity contribution in [1.82, 2.24) is 15.0 Å². The topological polar surface area (TPSA) is 51.8 Å². The molecule has 0 aliphatic rings. The van der Waals surface area contributed by atoms with Gasteiger partial charge in [0.05, 0.1) is 0 Å². The number of aromatic nitrogens is 3. The molecule has 266 valence electrons. The Morgan fingerprint density at radius 3 is 1.44 bits per heavy atom. The SMILES string of the molecule is c1ccc(-c2ccc(-c3c4ccccc4cc4c3oc3c(-c5ccc(-c6nc(-c7ccccc7)nc(-c7ccccc7)n6)c6ccccc56)cccc34)cc2)cc1. The Morgan fingerprint density at radius 1 is 0.281 bits per heavy atom. The van der Waals surface area contributed by atoms with Gasteiger partial charge >= 0.3 is 0 Å². The van der Waals surface area contributed by atoms with Gasteiger partial charge in [-0.25, -0.2) is 15.0 Å². The van der Waals surface area contributed by atoms with E-state index < -0.39 is 0 Å².